The van der Waals surface area contributed by atoms with E-state index in [2.05, 4.69) is 4.90 Å². The molecule has 0 N–H and O–H groups in total. The van der Waals surface area contributed by atoms with Crippen molar-refractivity contribution in [2.45, 2.75) is 56.7 Å². The summed E-state index contributed by atoms with van der Waals surface area (Å²) in [6.45, 7) is 0.310. The summed E-state index contributed by atoms with van der Waals surface area (Å²) in [6, 6.07) is 7.05. The number of fused-ring (bicyclic) bond motifs is 1. The molecule has 1 aromatic carbocycles. The van der Waals surface area contributed by atoms with Crippen LogP contribution < -0.4 is 4.90 Å². The summed E-state index contributed by atoms with van der Waals surface area (Å²) in [6.07, 6.45) is 6.94. The molecule has 0 radical (unpaired) electrons. The van der Waals surface area contributed by atoms with Gasteiger partial charge in [-0.15, -0.1) is 0 Å². The first kappa shape index (κ1) is 18.3. The summed E-state index contributed by atoms with van der Waals surface area (Å²) in [7, 11) is -3.14. The minimum Gasteiger partial charge on any atom is -0.306 e. The lowest BCUT2D eigenvalue weighted by molar-refractivity contribution is -0.124. The van der Waals surface area contributed by atoms with Crippen LogP contribution in [0.2, 0.25) is 5.02 Å². The van der Waals surface area contributed by atoms with E-state index in [9.17, 15) is 13.2 Å². The average Bonchev–Trinajstić information content (AvgIpc) is 2.76. The number of carbonyl (C=O) groups excluding carboxylic acids is 1. The molecule has 3 aliphatic rings. The molecule has 0 aromatic heterocycles. The largest absolute Gasteiger partial charge is 0.306 e. The van der Waals surface area contributed by atoms with E-state index in [-0.39, 0.29) is 29.5 Å². The Labute approximate surface area is 160 Å². The van der Waals surface area contributed by atoms with Gasteiger partial charge in [-0.3, -0.25) is 9.69 Å². The van der Waals surface area contributed by atoms with E-state index in [1.807, 2.05) is 12.1 Å². The molecule has 0 spiro atoms. The summed E-state index contributed by atoms with van der Waals surface area (Å²) in [5.41, 5.74) is 0.743. The van der Waals surface area contributed by atoms with Gasteiger partial charge in [0.25, 0.3) is 0 Å². The molecule has 4 rings (SSSR count). The summed E-state index contributed by atoms with van der Waals surface area (Å²) in [5, 5.41) is 0.605. The molecule has 1 aromatic rings. The highest BCUT2D eigenvalue weighted by molar-refractivity contribution is 7.91. The van der Waals surface area contributed by atoms with Gasteiger partial charge in [0, 0.05) is 22.8 Å². The molecule has 2 unspecified atom stereocenters. The van der Waals surface area contributed by atoms with Crippen molar-refractivity contribution in [3.63, 3.8) is 0 Å². The van der Waals surface area contributed by atoms with Gasteiger partial charge in [0.2, 0.25) is 5.91 Å². The number of carbonyl (C=O) groups is 1. The number of sulfone groups is 1. The highest BCUT2D eigenvalue weighted by atomic mass is 35.5. The van der Waals surface area contributed by atoms with E-state index in [0.717, 1.165) is 18.5 Å². The predicted octanol–water partition coefficient (Wildman–Crippen LogP) is 2.88. The normalized spacial score (nSPS) is 30.2. The third kappa shape index (κ3) is 3.51. The number of nitrogens with zero attached hydrogens (tertiary/aromatic N) is 2. The fourth-order valence-electron chi connectivity index (χ4n) is 4.83. The lowest BCUT2D eigenvalue weighted by atomic mass is 9.97. The monoisotopic (exact) mass is 396 g/mol. The zero-order chi connectivity index (χ0) is 18.3. The molecule has 142 valence electrons. The maximum Gasteiger partial charge on any atom is 0.241 e. The Hall–Kier alpha value is -1.11. The molecule has 2 saturated heterocycles. The Bertz CT molecular complexity index is 772. The number of benzene rings is 1. The summed E-state index contributed by atoms with van der Waals surface area (Å²) in [4.78, 5) is 17.0. The molecule has 1 aliphatic carbocycles. The fraction of sp³-hybridized carbons (Fsp3) is 0.632. The molecular formula is C19H25ClN2O3S. The third-order valence-corrected chi connectivity index (χ3v) is 7.99. The maximum atomic E-state index is 13.0. The lowest BCUT2D eigenvalue weighted by Crippen LogP contribution is -2.64. The topological polar surface area (TPSA) is 57.7 Å². The molecule has 7 heteroatoms. The number of hydrogen-bond acceptors (Lipinski definition) is 4. The van der Waals surface area contributed by atoms with Crippen molar-refractivity contribution in [3.8, 4) is 0 Å². The van der Waals surface area contributed by atoms with Crippen LogP contribution in [0.5, 0.6) is 0 Å². The molecule has 0 bridgehead atoms. The summed E-state index contributed by atoms with van der Waals surface area (Å²) in [5.74, 6) is 0.204. The Morgan fingerprint density at radius 1 is 0.923 bits per heavy atom. The average molecular weight is 397 g/mol. The second-order valence-corrected chi connectivity index (χ2v) is 10.4. The first-order valence-corrected chi connectivity index (χ1v) is 11.7. The van der Waals surface area contributed by atoms with Crippen LogP contribution in [0.15, 0.2) is 24.3 Å². The molecular weight excluding hydrogens is 372 g/mol. The molecule has 5 nitrogen and oxygen atoms in total. The van der Waals surface area contributed by atoms with E-state index in [1.54, 1.807) is 17.0 Å². The van der Waals surface area contributed by atoms with Crippen molar-refractivity contribution in [2.24, 2.45) is 0 Å². The van der Waals surface area contributed by atoms with Crippen LogP contribution in [-0.2, 0) is 14.6 Å². The number of rotatable bonds is 2. The smallest absolute Gasteiger partial charge is 0.241 e. The van der Waals surface area contributed by atoms with Crippen LogP contribution in [0.25, 0.3) is 0 Å². The second-order valence-electron chi connectivity index (χ2n) is 7.77. The van der Waals surface area contributed by atoms with Crippen molar-refractivity contribution < 1.29 is 13.2 Å². The van der Waals surface area contributed by atoms with Crippen LogP contribution in [0, 0.1) is 0 Å². The van der Waals surface area contributed by atoms with E-state index in [0.29, 0.717) is 17.6 Å². The Balaban J connectivity index is 1.66. The van der Waals surface area contributed by atoms with Gasteiger partial charge in [0.15, 0.2) is 9.84 Å². The van der Waals surface area contributed by atoms with Gasteiger partial charge >= 0.3 is 0 Å². The first-order valence-electron chi connectivity index (χ1n) is 9.48. The number of piperazine rings is 1. The fourth-order valence-corrected chi connectivity index (χ4v) is 6.92. The van der Waals surface area contributed by atoms with Crippen LogP contribution in [-0.4, -0.2) is 55.4 Å². The molecule has 2 heterocycles. The Kier molecular flexibility index (Phi) is 5.01. The highest BCUT2D eigenvalue weighted by Gasteiger charge is 2.51. The number of halogens is 1. The summed E-state index contributed by atoms with van der Waals surface area (Å²) < 4.78 is 24.9. The standard InChI is InChI=1S/C19H25ClN2O3S/c20-14-7-9-16(10-8-14)22-18-13-26(24,25)12-17(18)21(11-19(22)23)15-5-3-1-2-4-6-15/h7-10,15,17-18H,1-6,11-13H2. The van der Waals surface area contributed by atoms with Crippen molar-refractivity contribution in [2.75, 3.05) is 23.0 Å². The summed E-state index contributed by atoms with van der Waals surface area (Å²) >= 11 is 5.98. The van der Waals surface area contributed by atoms with E-state index < -0.39 is 9.84 Å². The van der Waals surface area contributed by atoms with E-state index in [1.165, 1.54) is 25.7 Å². The molecule has 3 fully saturated rings. The highest BCUT2D eigenvalue weighted by Crippen LogP contribution is 2.35. The second kappa shape index (κ2) is 7.13. The van der Waals surface area contributed by atoms with E-state index >= 15 is 0 Å². The minimum absolute atomic E-state index is 0.00470. The molecule has 2 aliphatic heterocycles. The van der Waals surface area contributed by atoms with Gasteiger partial charge < -0.3 is 4.90 Å². The van der Waals surface area contributed by atoms with Gasteiger partial charge in [-0.05, 0) is 37.1 Å². The zero-order valence-corrected chi connectivity index (χ0v) is 16.4. The van der Waals surface area contributed by atoms with Gasteiger partial charge in [-0.2, -0.15) is 0 Å². The number of amides is 1. The van der Waals surface area contributed by atoms with Crippen LogP contribution in [0.3, 0.4) is 0 Å². The van der Waals surface area contributed by atoms with Crippen molar-refractivity contribution in [3.05, 3.63) is 29.3 Å². The molecule has 1 amide bonds. The number of hydrogen-bond donors (Lipinski definition) is 0. The van der Waals surface area contributed by atoms with Gasteiger partial charge in [-0.25, -0.2) is 8.42 Å². The first-order chi connectivity index (χ1) is 12.4. The quantitative estimate of drug-likeness (QED) is 0.721. The predicted molar refractivity (Wildman–Crippen MR) is 103 cm³/mol. The molecule has 26 heavy (non-hydrogen) atoms. The lowest BCUT2D eigenvalue weighted by Gasteiger charge is -2.46. The van der Waals surface area contributed by atoms with Gasteiger partial charge in [0.05, 0.1) is 24.1 Å². The molecule has 1 saturated carbocycles. The van der Waals surface area contributed by atoms with Gasteiger partial charge in [-0.1, -0.05) is 37.3 Å². The Morgan fingerprint density at radius 2 is 1.54 bits per heavy atom. The maximum absolute atomic E-state index is 13.0. The molecule has 2 atom stereocenters. The Morgan fingerprint density at radius 3 is 2.19 bits per heavy atom. The SMILES string of the molecule is O=C1CN(C2CCCCCC2)C2CS(=O)(=O)CC2N1c1ccc(Cl)cc1. The zero-order valence-electron chi connectivity index (χ0n) is 14.8. The van der Waals surface area contributed by atoms with Crippen LogP contribution in [0.4, 0.5) is 5.69 Å². The third-order valence-electron chi connectivity index (χ3n) is 6.04. The van der Waals surface area contributed by atoms with Crippen molar-refractivity contribution in [1.82, 2.24) is 4.90 Å². The van der Waals surface area contributed by atoms with Crippen LogP contribution >= 0.6 is 11.6 Å². The minimum atomic E-state index is -3.14. The number of anilines is 1. The van der Waals surface area contributed by atoms with Gasteiger partial charge in [0.1, 0.15) is 0 Å². The van der Waals surface area contributed by atoms with Crippen molar-refractivity contribution in [1.29, 1.82) is 0 Å². The van der Waals surface area contributed by atoms with Crippen molar-refractivity contribution >= 4 is 33.0 Å². The van der Waals surface area contributed by atoms with Crippen LogP contribution in [0.1, 0.15) is 38.5 Å². The van der Waals surface area contributed by atoms with E-state index in [4.69, 9.17) is 11.6 Å².